The fourth-order valence-corrected chi connectivity index (χ4v) is 3.52. The van der Waals surface area contributed by atoms with Crippen molar-refractivity contribution >= 4 is 32.8 Å². The van der Waals surface area contributed by atoms with Gasteiger partial charge < -0.3 is 23.9 Å². The van der Waals surface area contributed by atoms with Gasteiger partial charge in [-0.3, -0.25) is 0 Å². The minimum absolute atomic E-state index is 0.149. The smallest absolute Gasteiger partial charge is 0.231 e. The van der Waals surface area contributed by atoms with Gasteiger partial charge in [0.2, 0.25) is 6.79 Å². The van der Waals surface area contributed by atoms with Crippen molar-refractivity contribution in [3.8, 4) is 11.5 Å². The second kappa shape index (κ2) is 5.56. The molecule has 0 amide bonds. The molecule has 1 atom stereocenters. The summed E-state index contributed by atoms with van der Waals surface area (Å²) >= 11 is 3.45. The molecular formula is C18H13BrNO4-. The molecule has 0 fully saturated rings. The summed E-state index contributed by atoms with van der Waals surface area (Å²) in [5.41, 5.74) is 2.25. The Kier molecular flexibility index (Phi) is 3.49. The molecular weight excluding hydrogens is 374 g/mol. The lowest BCUT2D eigenvalue weighted by Gasteiger charge is -2.18. The Morgan fingerprint density at radius 3 is 2.79 bits per heavy atom. The zero-order valence-corrected chi connectivity index (χ0v) is 14.4. The molecule has 0 bridgehead atoms. The van der Waals surface area contributed by atoms with Crippen LogP contribution in [-0.4, -0.2) is 17.3 Å². The molecule has 6 heteroatoms. The van der Waals surface area contributed by atoms with Crippen molar-refractivity contribution in [2.75, 3.05) is 6.79 Å². The predicted octanol–water partition coefficient (Wildman–Crippen LogP) is 2.55. The van der Waals surface area contributed by atoms with E-state index in [1.165, 1.54) is 0 Å². The molecule has 1 aliphatic rings. The van der Waals surface area contributed by atoms with Gasteiger partial charge in [-0.1, -0.05) is 22.0 Å². The van der Waals surface area contributed by atoms with Gasteiger partial charge >= 0.3 is 0 Å². The van der Waals surface area contributed by atoms with Crippen LogP contribution in [0.2, 0.25) is 0 Å². The van der Waals surface area contributed by atoms with Crippen molar-refractivity contribution in [3.05, 3.63) is 58.2 Å². The monoisotopic (exact) mass is 386 g/mol. The van der Waals surface area contributed by atoms with E-state index >= 15 is 0 Å². The number of rotatable bonds is 3. The molecule has 2 aromatic carbocycles. The maximum absolute atomic E-state index is 11.9. The van der Waals surface area contributed by atoms with Gasteiger partial charge in [-0.05, 0) is 41.5 Å². The first kappa shape index (κ1) is 15.1. The maximum Gasteiger partial charge on any atom is 0.231 e. The van der Waals surface area contributed by atoms with Crippen LogP contribution >= 0.6 is 15.9 Å². The van der Waals surface area contributed by atoms with Crippen molar-refractivity contribution in [1.82, 2.24) is 4.57 Å². The molecule has 3 aromatic rings. The summed E-state index contributed by atoms with van der Waals surface area (Å²) < 4.78 is 13.5. The van der Waals surface area contributed by atoms with Gasteiger partial charge in [0.15, 0.2) is 11.5 Å². The zero-order chi connectivity index (χ0) is 16.8. The molecule has 1 aliphatic heterocycles. The average Bonchev–Trinajstić information content (AvgIpc) is 3.12. The molecule has 0 saturated heterocycles. The average molecular weight is 387 g/mol. The fourth-order valence-electron chi connectivity index (χ4n) is 3.16. The zero-order valence-electron chi connectivity index (χ0n) is 12.8. The highest BCUT2D eigenvalue weighted by Gasteiger charge is 2.23. The van der Waals surface area contributed by atoms with E-state index in [0.717, 1.165) is 15.4 Å². The maximum atomic E-state index is 11.9. The number of carboxylic acid groups (broad SMARTS) is 1. The van der Waals surface area contributed by atoms with Crippen LogP contribution < -0.4 is 14.6 Å². The topological polar surface area (TPSA) is 63.5 Å². The van der Waals surface area contributed by atoms with E-state index in [1.807, 2.05) is 36.0 Å². The van der Waals surface area contributed by atoms with E-state index in [4.69, 9.17) is 9.47 Å². The van der Waals surface area contributed by atoms with Crippen LogP contribution in [0.5, 0.6) is 11.5 Å². The fraction of sp³-hybridized carbons (Fsp3) is 0.167. The molecule has 0 aliphatic carbocycles. The van der Waals surface area contributed by atoms with E-state index in [1.54, 1.807) is 18.2 Å². The number of halogens is 1. The van der Waals surface area contributed by atoms with Crippen molar-refractivity contribution in [2.24, 2.45) is 7.05 Å². The summed E-state index contributed by atoms with van der Waals surface area (Å²) in [7, 11) is 1.89. The highest BCUT2D eigenvalue weighted by atomic mass is 79.9. The Hall–Kier alpha value is -2.47. The number of ether oxygens (including phenoxy) is 2. The molecule has 1 aromatic heterocycles. The van der Waals surface area contributed by atoms with Gasteiger partial charge in [0.1, 0.15) is 0 Å². The number of carbonyl (C=O) groups is 1. The van der Waals surface area contributed by atoms with Crippen LogP contribution in [-0.2, 0) is 11.8 Å². The summed E-state index contributed by atoms with van der Waals surface area (Å²) in [5.74, 6) is -0.865. The van der Waals surface area contributed by atoms with Gasteiger partial charge in [0.25, 0.3) is 0 Å². The van der Waals surface area contributed by atoms with Crippen molar-refractivity contribution in [1.29, 1.82) is 0 Å². The first-order chi connectivity index (χ1) is 11.5. The number of nitrogens with zero attached hydrogens (tertiary/aromatic N) is 1. The Balaban J connectivity index is 1.91. The Bertz CT molecular complexity index is 963. The molecule has 5 nitrogen and oxygen atoms in total. The standard InChI is InChI=1S/C18H14BrNO4/c1-20-8-13(12-7-11(19)3-4-14(12)20)17(18(21)22)10-2-5-15-16(6-10)24-9-23-15/h2-8,17H,9H2,1H3,(H,21,22)/p-1. The van der Waals surface area contributed by atoms with Crippen molar-refractivity contribution in [2.45, 2.75) is 5.92 Å². The number of aromatic nitrogens is 1. The summed E-state index contributed by atoms with van der Waals surface area (Å²) in [6.07, 6.45) is 1.84. The molecule has 0 spiro atoms. The van der Waals surface area contributed by atoms with E-state index in [9.17, 15) is 9.90 Å². The Morgan fingerprint density at radius 1 is 1.21 bits per heavy atom. The van der Waals surface area contributed by atoms with Crippen LogP contribution in [0.4, 0.5) is 0 Å². The second-order valence-electron chi connectivity index (χ2n) is 5.72. The lowest BCUT2D eigenvalue weighted by molar-refractivity contribution is -0.306. The summed E-state index contributed by atoms with van der Waals surface area (Å²) in [4.78, 5) is 11.9. The van der Waals surface area contributed by atoms with Gasteiger partial charge in [-0.25, -0.2) is 0 Å². The number of aryl methyl sites for hydroxylation is 1. The van der Waals surface area contributed by atoms with E-state index < -0.39 is 11.9 Å². The third-order valence-corrected chi connectivity index (χ3v) is 4.75. The van der Waals surface area contributed by atoms with Crippen LogP contribution in [0.1, 0.15) is 17.0 Å². The minimum Gasteiger partial charge on any atom is -0.549 e. The normalized spacial score (nSPS) is 14.1. The summed E-state index contributed by atoms with van der Waals surface area (Å²) in [6, 6.07) is 11.0. The largest absolute Gasteiger partial charge is 0.549 e. The number of hydrogen-bond acceptors (Lipinski definition) is 4. The van der Waals surface area contributed by atoms with Crippen molar-refractivity contribution in [3.63, 3.8) is 0 Å². The third-order valence-electron chi connectivity index (χ3n) is 4.26. The minimum atomic E-state index is -1.15. The number of benzene rings is 2. The van der Waals surface area contributed by atoms with Crippen LogP contribution in [0.25, 0.3) is 10.9 Å². The highest BCUT2D eigenvalue weighted by molar-refractivity contribution is 9.10. The number of carbonyl (C=O) groups excluding carboxylic acids is 1. The molecule has 0 saturated carbocycles. The van der Waals surface area contributed by atoms with Crippen LogP contribution in [0.15, 0.2) is 47.1 Å². The van der Waals surface area contributed by atoms with Crippen LogP contribution in [0, 0.1) is 0 Å². The van der Waals surface area contributed by atoms with Crippen LogP contribution in [0.3, 0.4) is 0 Å². The van der Waals surface area contributed by atoms with Gasteiger partial charge in [-0.15, -0.1) is 0 Å². The number of fused-ring (bicyclic) bond motifs is 2. The number of carboxylic acids is 1. The molecule has 2 heterocycles. The van der Waals surface area contributed by atoms with Gasteiger partial charge in [0, 0.05) is 28.6 Å². The molecule has 4 rings (SSSR count). The molecule has 1 unspecified atom stereocenters. The Morgan fingerprint density at radius 2 is 2.00 bits per heavy atom. The third kappa shape index (κ3) is 2.34. The Labute approximate surface area is 146 Å². The van der Waals surface area contributed by atoms with Crippen molar-refractivity contribution < 1.29 is 19.4 Å². The number of aliphatic carboxylic acids is 1. The lowest BCUT2D eigenvalue weighted by Crippen LogP contribution is -2.30. The SMILES string of the molecule is Cn1cc(C(C(=O)[O-])c2ccc3c(c2)OCO3)c2cc(Br)ccc21. The molecule has 24 heavy (non-hydrogen) atoms. The second-order valence-corrected chi connectivity index (χ2v) is 6.64. The van der Waals surface area contributed by atoms with E-state index in [-0.39, 0.29) is 6.79 Å². The predicted molar refractivity (Wildman–Crippen MR) is 90.0 cm³/mol. The van der Waals surface area contributed by atoms with Gasteiger partial charge in [-0.2, -0.15) is 0 Å². The number of hydrogen-bond donors (Lipinski definition) is 0. The lowest BCUT2D eigenvalue weighted by atomic mass is 9.91. The first-order valence-corrected chi connectivity index (χ1v) is 8.19. The first-order valence-electron chi connectivity index (χ1n) is 7.39. The molecule has 0 radical (unpaired) electrons. The molecule has 122 valence electrons. The quantitative estimate of drug-likeness (QED) is 0.693. The summed E-state index contributed by atoms with van der Waals surface area (Å²) in [5, 5.41) is 12.8. The van der Waals surface area contributed by atoms with E-state index in [2.05, 4.69) is 15.9 Å². The van der Waals surface area contributed by atoms with E-state index in [0.29, 0.717) is 22.6 Å². The summed E-state index contributed by atoms with van der Waals surface area (Å²) in [6.45, 7) is 0.149. The van der Waals surface area contributed by atoms with Gasteiger partial charge in [0.05, 0.1) is 11.9 Å². The highest BCUT2D eigenvalue weighted by Crippen LogP contribution is 2.38. The molecule has 0 N–H and O–H groups in total.